The summed E-state index contributed by atoms with van der Waals surface area (Å²) >= 11 is 0. The first-order valence-electron chi connectivity index (χ1n) is 7.52. The highest BCUT2D eigenvalue weighted by atomic mass is 15.1. The molecule has 0 saturated heterocycles. The van der Waals surface area contributed by atoms with Crippen LogP contribution in [-0.2, 0) is 0 Å². The van der Waals surface area contributed by atoms with Gasteiger partial charge in [0.15, 0.2) is 0 Å². The van der Waals surface area contributed by atoms with E-state index in [1.54, 1.807) is 0 Å². The van der Waals surface area contributed by atoms with Gasteiger partial charge in [0.1, 0.15) is 0 Å². The molecule has 0 amide bonds. The molecule has 0 N–H and O–H groups in total. The molecule has 0 aromatic carbocycles. The maximum Gasteiger partial charge on any atom is 0.0433 e. The van der Waals surface area contributed by atoms with E-state index in [-0.39, 0.29) is 0 Å². The van der Waals surface area contributed by atoms with Crippen LogP contribution in [0.5, 0.6) is 0 Å². The van der Waals surface area contributed by atoms with Crippen LogP contribution in [0.1, 0.15) is 39.5 Å². The van der Waals surface area contributed by atoms with Gasteiger partial charge >= 0.3 is 0 Å². The lowest BCUT2D eigenvalue weighted by Gasteiger charge is -2.32. The van der Waals surface area contributed by atoms with Crippen molar-refractivity contribution in [2.24, 2.45) is 10.9 Å². The molecule has 2 heteroatoms. The molecule has 0 radical (unpaired) electrons. The van der Waals surface area contributed by atoms with E-state index < -0.39 is 0 Å². The van der Waals surface area contributed by atoms with Gasteiger partial charge in [-0.1, -0.05) is 18.2 Å². The molecule has 2 aliphatic carbocycles. The number of nitrogens with zero attached hydrogens (tertiary/aromatic N) is 2. The fourth-order valence-electron chi connectivity index (χ4n) is 3.27. The lowest BCUT2D eigenvalue weighted by Crippen LogP contribution is -2.32. The first kappa shape index (κ1) is 12.7. The number of hydrogen-bond acceptors (Lipinski definition) is 2. The summed E-state index contributed by atoms with van der Waals surface area (Å²) in [6.07, 6.45) is 11.7. The van der Waals surface area contributed by atoms with Gasteiger partial charge in [-0.25, -0.2) is 0 Å². The summed E-state index contributed by atoms with van der Waals surface area (Å²) in [4.78, 5) is 7.19. The van der Waals surface area contributed by atoms with Gasteiger partial charge in [-0.05, 0) is 44.6 Å². The summed E-state index contributed by atoms with van der Waals surface area (Å²) < 4.78 is 0. The van der Waals surface area contributed by atoms with E-state index in [4.69, 9.17) is 0 Å². The second-order valence-corrected chi connectivity index (χ2v) is 6.05. The molecule has 102 valence electrons. The first-order valence-corrected chi connectivity index (χ1v) is 7.52. The maximum atomic E-state index is 4.67. The third-order valence-electron chi connectivity index (χ3n) is 4.79. The topological polar surface area (TPSA) is 15.6 Å². The summed E-state index contributed by atoms with van der Waals surface area (Å²) in [6, 6.07) is 0.657. The highest BCUT2D eigenvalue weighted by Crippen LogP contribution is 2.38. The van der Waals surface area contributed by atoms with Crippen LogP contribution in [0.3, 0.4) is 0 Å². The highest BCUT2D eigenvalue weighted by Gasteiger charge is 2.32. The van der Waals surface area contributed by atoms with Crippen LogP contribution in [0.15, 0.2) is 40.1 Å². The Kier molecular flexibility index (Phi) is 3.34. The molecule has 0 aromatic heterocycles. The van der Waals surface area contributed by atoms with Crippen LogP contribution < -0.4 is 0 Å². The number of rotatable bonds is 3. The molecule has 0 aromatic rings. The van der Waals surface area contributed by atoms with Gasteiger partial charge in [0.05, 0.1) is 0 Å². The molecule has 1 unspecified atom stereocenters. The van der Waals surface area contributed by atoms with Crippen molar-refractivity contribution in [2.45, 2.75) is 45.6 Å². The average molecular weight is 256 g/mol. The zero-order chi connectivity index (χ0) is 13.4. The molecule has 1 fully saturated rings. The van der Waals surface area contributed by atoms with E-state index in [0.29, 0.717) is 6.04 Å². The number of allylic oxidation sites excluding steroid dienone is 4. The van der Waals surface area contributed by atoms with Crippen LogP contribution in [0.25, 0.3) is 0 Å². The molecule has 1 aliphatic heterocycles. The number of aliphatic imine (C=N–C) groups is 1. The summed E-state index contributed by atoms with van der Waals surface area (Å²) in [7, 11) is 2.27. The fraction of sp³-hybridized carbons (Fsp3) is 0.588. The van der Waals surface area contributed by atoms with Gasteiger partial charge in [0, 0.05) is 43.0 Å². The summed E-state index contributed by atoms with van der Waals surface area (Å²) in [5.74, 6) is 0.901. The summed E-state index contributed by atoms with van der Waals surface area (Å²) in [6.45, 7) is 5.49. The Morgan fingerprint density at radius 3 is 2.89 bits per heavy atom. The minimum atomic E-state index is 0.657. The van der Waals surface area contributed by atoms with E-state index in [1.807, 2.05) is 0 Å². The van der Waals surface area contributed by atoms with Gasteiger partial charge in [0.25, 0.3) is 0 Å². The van der Waals surface area contributed by atoms with Gasteiger partial charge in [0.2, 0.25) is 0 Å². The van der Waals surface area contributed by atoms with E-state index in [1.165, 1.54) is 35.4 Å². The minimum Gasteiger partial charge on any atom is -0.374 e. The number of hydrogen-bond donors (Lipinski definition) is 0. The maximum absolute atomic E-state index is 4.67. The lowest BCUT2D eigenvalue weighted by molar-refractivity contribution is 0.288. The third kappa shape index (κ3) is 2.41. The predicted octanol–water partition coefficient (Wildman–Crippen LogP) is 3.72. The van der Waals surface area contributed by atoms with Gasteiger partial charge < -0.3 is 4.90 Å². The van der Waals surface area contributed by atoms with Crippen molar-refractivity contribution in [1.82, 2.24) is 4.90 Å². The van der Waals surface area contributed by atoms with E-state index in [0.717, 1.165) is 25.3 Å². The third-order valence-corrected chi connectivity index (χ3v) is 4.79. The van der Waals surface area contributed by atoms with Crippen molar-refractivity contribution in [3.8, 4) is 0 Å². The largest absolute Gasteiger partial charge is 0.374 e. The molecule has 19 heavy (non-hydrogen) atoms. The summed E-state index contributed by atoms with van der Waals surface area (Å²) in [5, 5.41) is 0. The minimum absolute atomic E-state index is 0.657. The van der Waals surface area contributed by atoms with Crippen LogP contribution >= 0.6 is 0 Å². The Balaban J connectivity index is 1.99. The lowest BCUT2D eigenvalue weighted by atomic mass is 9.93. The standard InChI is InChI=1S/C17H24N2/c1-12-17-15(10-11-18-12)6-4-5-7-16(17)19(3)13(2)14-8-9-14/h4-6,13-14H,7-11H2,1-3H3. The van der Waals surface area contributed by atoms with Crippen molar-refractivity contribution in [1.29, 1.82) is 0 Å². The van der Waals surface area contributed by atoms with E-state index in [9.17, 15) is 0 Å². The first-order chi connectivity index (χ1) is 9.18. The Hall–Kier alpha value is -1.31. The average Bonchev–Trinajstić information content (AvgIpc) is 3.23. The van der Waals surface area contributed by atoms with E-state index >= 15 is 0 Å². The molecular formula is C17H24N2. The molecule has 3 rings (SSSR count). The Morgan fingerprint density at radius 2 is 2.16 bits per heavy atom. The normalized spacial score (nSPS) is 24.4. The fourth-order valence-corrected chi connectivity index (χ4v) is 3.27. The molecule has 0 spiro atoms. The molecule has 1 saturated carbocycles. The van der Waals surface area contributed by atoms with Crippen molar-refractivity contribution in [3.63, 3.8) is 0 Å². The van der Waals surface area contributed by atoms with Crippen LogP contribution in [0.4, 0.5) is 0 Å². The van der Waals surface area contributed by atoms with Crippen molar-refractivity contribution < 1.29 is 0 Å². The van der Waals surface area contributed by atoms with Crippen LogP contribution in [0, 0.1) is 5.92 Å². The van der Waals surface area contributed by atoms with Crippen LogP contribution in [-0.4, -0.2) is 30.2 Å². The Morgan fingerprint density at radius 1 is 1.37 bits per heavy atom. The highest BCUT2D eigenvalue weighted by molar-refractivity contribution is 6.03. The van der Waals surface area contributed by atoms with Crippen molar-refractivity contribution in [3.05, 3.63) is 35.1 Å². The van der Waals surface area contributed by atoms with Gasteiger partial charge in [-0.2, -0.15) is 0 Å². The van der Waals surface area contributed by atoms with Crippen molar-refractivity contribution in [2.75, 3.05) is 13.6 Å². The van der Waals surface area contributed by atoms with Crippen LogP contribution in [0.2, 0.25) is 0 Å². The molecule has 1 heterocycles. The predicted molar refractivity (Wildman–Crippen MR) is 81.4 cm³/mol. The zero-order valence-electron chi connectivity index (χ0n) is 12.3. The zero-order valence-corrected chi connectivity index (χ0v) is 12.3. The van der Waals surface area contributed by atoms with Gasteiger partial charge in [-0.3, -0.25) is 4.99 Å². The molecule has 3 aliphatic rings. The van der Waals surface area contributed by atoms with Gasteiger partial charge in [-0.15, -0.1) is 0 Å². The SMILES string of the molecule is CC1=NCCC2=CC=CCC(N(C)C(C)C3CC3)=C21. The van der Waals surface area contributed by atoms with E-state index in [2.05, 4.69) is 49.0 Å². The molecule has 2 nitrogen and oxygen atoms in total. The number of fused-ring (bicyclic) bond motifs is 1. The monoisotopic (exact) mass is 256 g/mol. The Labute approximate surface area is 116 Å². The molecular weight excluding hydrogens is 232 g/mol. The quantitative estimate of drug-likeness (QED) is 0.751. The second-order valence-electron chi connectivity index (χ2n) is 6.05. The Bertz CT molecular complexity index is 489. The summed E-state index contributed by atoms with van der Waals surface area (Å²) in [5.41, 5.74) is 5.60. The molecule has 1 atom stereocenters. The molecule has 0 bridgehead atoms. The second kappa shape index (κ2) is 4.99. The van der Waals surface area contributed by atoms with Crippen molar-refractivity contribution >= 4 is 5.71 Å². The smallest absolute Gasteiger partial charge is 0.0433 e.